The number of nitrogens with one attached hydrogen (secondary N) is 1. The Morgan fingerprint density at radius 1 is 1.03 bits per heavy atom. The number of amides is 1. The van der Waals surface area contributed by atoms with E-state index in [1.165, 1.54) is 5.56 Å². The molecule has 7 heteroatoms. The zero-order valence-electron chi connectivity index (χ0n) is 24.1. The molecule has 210 valence electrons. The molecule has 0 atom stereocenters. The van der Waals surface area contributed by atoms with Gasteiger partial charge in [-0.25, -0.2) is 4.98 Å². The predicted molar refractivity (Wildman–Crippen MR) is 157 cm³/mol. The van der Waals surface area contributed by atoms with E-state index >= 15 is 0 Å². The first-order valence-electron chi connectivity index (χ1n) is 15.0. The van der Waals surface area contributed by atoms with E-state index in [1.54, 1.807) is 0 Å². The lowest BCUT2D eigenvalue weighted by Gasteiger charge is -2.32. The van der Waals surface area contributed by atoms with Crippen molar-refractivity contribution in [2.24, 2.45) is 5.92 Å². The molecule has 3 aromatic rings. The SMILES string of the molecule is CCC(CC)CNc1ncc2c(C3CCN(C(=O)c4cc(C)cc(C)c4)CC3)cn(C3CCC(O)CC3)c2n1. The first-order chi connectivity index (χ1) is 18.9. The molecular weight excluding hydrogens is 486 g/mol. The average Bonchev–Trinajstić information content (AvgIpc) is 3.32. The molecule has 39 heavy (non-hydrogen) atoms. The number of benzene rings is 1. The first kappa shape index (κ1) is 27.6. The van der Waals surface area contributed by atoms with Gasteiger partial charge in [0.25, 0.3) is 5.91 Å². The number of nitrogens with zero attached hydrogens (tertiary/aromatic N) is 4. The Balaban J connectivity index is 1.37. The van der Waals surface area contributed by atoms with Gasteiger partial charge < -0.3 is 19.9 Å². The van der Waals surface area contributed by atoms with Gasteiger partial charge in [0.15, 0.2) is 0 Å². The lowest BCUT2D eigenvalue weighted by Crippen LogP contribution is -2.38. The summed E-state index contributed by atoms with van der Waals surface area (Å²) in [5, 5.41) is 14.7. The number of fused-ring (bicyclic) bond motifs is 1. The summed E-state index contributed by atoms with van der Waals surface area (Å²) >= 11 is 0. The minimum atomic E-state index is -0.187. The Morgan fingerprint density at radius 3 is 2.33 bits per heavy atom. The Bertz CT molecular complexity index is 1260. The lowest BCUT2D eigenvalue weighted by atomic mass is 9.89. The van der Waals surface area contributed by atoms with E-state index in [0.29, 0.717) is 23.8 Å². The highest BCUT2D eigenvalue weighted by Gasteiger charge is 2.30. The van der Waals surface area contributed by atoms with Crippen LogP contribution in [0.4, 0.5) is 5.95 Å². The molecule has 2 N–H and O–H groups in total. The van der Waals surface area contributed by atoms with Crippen LogP contribution in [0.25, 0.3) is 11.0 Å². The number of aryl methyl sites for hydroxylation is 2. The molecule has 1 aliphatic carbocycles. The largest absolute Gasteiger partial charge is 0.393 e. The molecule has 1 aromatic carbocycles. The van der Waals surface area contributed by atoms with Crippen molar-refractivity contribution in [1.82, 2.24) is 19.4 Å². The molecule has 0 bridgehead atoms. The highest BCUT2D eigenvalue weighted by Crippen LogP contribution is 2.38. The van der Waals surface area contributed by atoms with E-state index in [1.807, 2.05) is 37.1 Å². The van der Waals surface area contributed by atoms with Crippen LogP contribution in [0.1, 0.15) is 104 Å². The van der Waals surface area contributed by atoms with E-state index in [-0.39, 0.29) is 12.0 Å². The molecule has 0 radical (unpaired) electrons. The Labute approximate surface area is 233 Å². The van der Waals surface area contributed by atoms with Crippen LogP contribution in [-0.4, -0.2) is 56.2 Å². The molecule has 0 unspecified atom stereocenters. The van der Waals surface area contributed by atoms with Crippen LogP contribution >= 0.6 is 0 Å². The van der Waals surface area contributed by atoms with Gasteiger partial charge in [-0.05, 0) is 81.9 Å². The minimum absolute atomic E-state index is 0.139. The fourth-order valence-electron chi connectivity index (χ4n) is 6.57. The van der Waals surface area contributed by atoms with Gasteiger partial charge in [-0.15, -0.1) is 0 Å². The third-order valence-electron chi connectivity index (χ3n) is 9.06. The predicted octanol–water partition coefficient (Wildman–Crippen LogP) is 6.39. The van der Waals surface area contributed by atoms with Crippen LogP contribution < -0.4 is 5.32 Å². The Hall–Kier alpha value is -2.93. The highest BCUT2D eigenvalue weighted by molar-refractivity contribution is 5.94. The monoisotopic (exact) mass is 531 g/mol. The average molecular weight is 532 g/mol. The third kappa shape index (κ3) is 6.13. The number of anilines is 1. The molecule has 7 nitrogen and oxygen atoms in total. The lowest BCUT2D eigenvalue weighted by molar-refractivity contribution is 0.0713. The summed E-state index contributed by atoms with van der Waals surface area (Å²) in [6.45, 7) is 11.0. The normalized spacial score (nSPS) is 20.6. The second-order valence-corrected chi connectivity index (χ2v) is 11.9. The van der Waals surface area contributed by atoms with Crippen molar-refractivity contribution in [1.29, 1.82) is 0 Å². The van der Waals surface area contributed by atoms with Gasteiger partial charge in [0.2, 0.25) is 5.95 Å². The number of aromatic nitrogens is 3. The molecule has 1 saturated heterocycles. The molecule has 2 aromatic heterocycles. The van der Waals surface area contributed by atoms with E-state index in [4.69, 9.17) is 9.97 Å². The first-order valence-corrected chi connectivity index (χ1v) is 15.0. The number of carbonyl (C=O) groups excluding carboxylic acids is 1. The number of rotatable bonds is 8. The number of hydrogen-bond acceptors (Lipinski definition) is 5. The van der Waals surface area contributed by atoms with E-state index in [0.717, 1.165) is 98.7 Å². The highest BCUT2D eigenvalue weighted by atomic mass is 16.3. The van der Waals surface area contributed by atoms with Crippen molar-refractivity contribution in [3.63, 3.8) is 0 Å². The Kier molecular flexibility index (Phi) is 8.55. The zero-order valence-corrected chi connectivity index (χ0v) is 24.1. The second-order valence-electron chi connectivity index (χ2n) is 11.9. The van der Waals surface area contributed by atoms with Gasteiger partial charge in [0, 0.05) is 49.0 Å². The standard InChI is InChI=1S/C32H45N5O2/c1-5-23(6-2)18-33-32-34-19-28-29(20-37(30(28)35-32)26-7-9-27(38)10-8-26)24-11-13-36(14-12-24)31(39)25-16-21(3)15-22(4)17-25/h15-17,19-20,23-24,26-27,38H,5-14,18H2,1-4H3,(H,33,34,35). The smallest absolute Gasteiger partial charge is 0.253 e. The quantitative estimate of drug-likeness (QED) is 0.352. The van der Waals surface area contributed by atoms with Crippen molar-refractivity contribution in [3.05, 3.63) is 52.8 Å². The second kappa shape index (κ2) is 12.1. The number of carbonyl (C=O) groups is 1. The molecule has 1 aliphatic heterocycles. The number of piperidine rings is 1. The third-order valence-corrected chi connectivity index (χ3v) is 9.06. The fraction of sp³-hybridized carbons (Fsp3) is 0.594. The van der Waals surface area contributed by atoms with E-state index in [2.05, 4.69) is 36.0 Å². The van der Waals surface area contributed by atoms with Crippen molar-refractivity contribution in [3.8, 4) is 0 Å². The van der Waals surface area contributed by atoms with Crippen molar-refractivity contribution >= 4 is 22.9 Å². The molecule has 3 heterocycles. The summed E-state index contributed by atoms with van der Waals surface area (Å²) in [6, 6.07) is 6.46. The molecule has 1 saturated carbocycles. The van der Waals surface area contributed by atoms with Crippen molar-refractivity contribution < 1.29 is 9.90 Å². The van der Waals surface area contributed by atoms with Crippen LogP contribution in [0.15, 0.2) is 30.6 Å². The van der Waals surface area contributed by atoms with Gasteiger partial charge in [-0.3, -0.25) is 4.79 Å². The van der Waals surface area contributed by atoms with Crippen LogP contribution in [-0.2, 0) is 0 Å². The molecule has 0 spiro atoms. The van der Waals surface area contributed by atoms with Crippen LogP contribution in [0.5, 0.6) is 0 Å². The van der Waals surface area contributed by atoms with E-state index < -0.39 is 0 Å². The summed E-state index contributed by atoms with van der Waals surface area (Å²) in [7, 11) is 0. The molecule has 2 aliphatic rings. The maximum absolute atomic E-state index is 13.3. The topological polar surface area (TPSA) is 83.3 Å². The zero-order chi connectivity index (χ0) is 27.5. The van der Waals surface area contributed by atoms with Crippen molar-refractivity contribution in [2.45, 2.75) is 97.1 Å². The molecule has 5 rings (SSSR count). The van der Waals surface area contributed by atoms with Gasteiger partial charge in [-0.2, -0.15) is 4.98 Å². The van der Waals surface area contributed by atoms with Gasteiger partial charge in [0.05, 0.1) is 6.10 Å². The van der Waals surface area contributed by atoms with Gasteiger partial charge in [-0.1, -0.05) is 43.9 Å². The number of likely N-dealkylation sites (tertiary alicyclic amines) is 1. The maximum atomic E-state index is 13.3. The van der Waals surface area contributed by atoms with Crippen LogP contribution in [0, 0.1) is 19.8 Å². The fourth-order valence-corrected chi connectivity index (χ4v) is 6.57. The summed E-state index contributed by atoms with van der Waals surface area (Å²) in [5.41, 5.74) is 5.36. The van der Waals surface area contributed by atoms with Crippen molar-refractivity contribution in [2.75, 3.05) is 25.0 Å². The Morgan fingerprint density at radius 2 is 1.69 bits per heavy atom. The van der Waals surface area contributed by atoms with Crippen LogP contribution in [0.3, 0.4) is 0 Å². The number of hydrogen-bond donors (Lipinski definition) is 2. The van der Waals surface area contributed by atoms with Gasteiger partial charge >= 0.3 is 0 Å². The molecule has 2 fully saturated rings. The van der Waals surface area contributed by atoms with E-state index in [9.17, 15) is 9.90 Å². The number of aliphatic hydroxyl groups is 1. The van der Waals surface area contributed by atoms with Gasteiger partial charge in [0.1, 0.15) is 5.65 Å². The summed E-state index contributed by atoms with van der Waals surface area (Å²) < 4.78 is 2.37. The van der Waals surface area contributed by atoms with Crippen LogP contribution in [0.2, 0.25) is 0 Å². The molecule has 1 amide bonds. The number of aliphatic hydroxyl groups excluding tert-OH is 1. The summed E-state index contributed by atoms with van der Waals surface area (Å²) in [4.78, 5) is 25.0. The summed E-state index contributed by atoms with van der Waals surface area (Å²) in [6.07, 6.45) is 11.9. The summed E-state index contributed by atoms with van der Waals surface area (Å²) in [5.74, 6) is 1.83. The maximum Gasteiger partial charge on any atom is 0.253 e. The minimum Gasteiger partial charge on any atom is -0.393 e. The molecular formula is C32H45N5O2.